The molecule has 178 valence electrons. The van der Waals surface area contributed by atoms with Crippen LogP contribution in [0.25, 0.3) is 0 Å². The summed E-state index contributed by atoms with van der Waals surface area (Å²) in [5.41, 5.74) is 4.18. The van der Waals surface area contributed by atoms with Crippen molar-refractivity contribution in [2.75, 3.05) is 34.2 Å². The summed E-state index contributed by atoms with van der Waals surface area (Å²) in [6.07, 6.45) is 0. The van der Waals surface area contributed by atoms with Crippen LogP contribution in [-0.4, -0.2) is 45.2 Å². The van der Waals surface area contributed by atoms with Gasteiger partial charge in [0.15, 0.2) is 0 Å². The number of hydrogen-bond donors (Lipinski definition) is 2. The van der Waals surface area contributed by atoms with E-state index in [0.717, 1.165) is 17.8 Å². The van der Waals surface area contributed by atoms with Crippen molar-refractivity contribution in [3.8, 4) is 0 Å². The molecule has 3 aromatic rings. The topological polar surface area (TPSA) is 90.0 Å². The minimum absolute atomic E-state index is 0.0697. The number of rotatable bonds is 6. The molecule has 0 radical (unpaired) electrons. The Balaban J connectivity index is 1.55. The number of carboxylic acids is 1. The number of aromatic carboxylic acids is 1. The Morgan fingerprint density at radius 2 is 1.71 bits per heavy atom. The van der Waals surface area contributed by atoms with Gasteiger partial charge in [0, 0.05) is 37.1 Å². The van der Waals surface area contributed by atoms with Gasteiger partial charge in [0.25, 0.3) is 10.0 Å². The van der Waals surface area contributed by atoms with E-state index in [0.29, 0.717) is 18.8 Å². The molecule has 1 aliphatic rings. The van der Waals surface area contributed by atoms with Crippen LogP contribution in [-0.2, 0) is 10.0 Å². The lowest BCUT2D eigenvalue weighted by atomic mass is 10.1. The molecule has 3 aromatic carbocycles. The van der Waals surface area contributed by atoms with Gasteiger partial charge >= 0.3 is 5.97 Å². The Labute approximate surface area is 200 Å². The lowest BCUT2D eigenvalue weighted by Crippen LogP contribution is -2.52. The normalized spacial score (nSPS) is 16.4. The van der Waals surface area contributed by atoms with E-state index in [1.54, 1.807) is 24.3 Å². The summed E-state index contributed by atoms with van der Waals surface area (Å²) in [5.74, 6) is -1.10. The predicted octanol–water partition coefficient (Wildman–Crippen LogP) is 4.52. The van der Waals surface area contributed by atoms with Crippen LogP contribution in [0.3, 0.4) is 0 Å². The van der Waals surface area contributed by atoms with Crippen molar-refractivity contribution in [3.05, 3.63) is 83.4 Å². The van der Waals surface area contributed by atoms with Crippen LogP contribution in [0.5, 0.6) is 0 Å². The minimum Gasteiger partial charge on any atom is -0.478 e. The van der Waals surface area contributed by atoms with Gasteiger partial charge in [0.1, 0.15) is 0 Å². The van der Waals surface area contributed by atoms with Crippen LogP contribution in [0.4, 0.5) is 17.1 Å². The quantitative estimate of drug-likeness (QED) is 0.540. The molecule has 0 bridgehead atoms. The van der Waals surface area contributed by atoms with E-state index < -0.39 is 16.0 Å². The Morgan fingerprint density at radius 1 is 0.971 bits per heavy atom. The molecule has 8 heteroatoms. The second-order valence-electron chi connectivity index (χ2n) is 8.78. The van der Waals surface area contributed by atoms with Gasteiger partial charge < -0.3 is 14.9 Å². The average molecular weight is 480 g/mol. The molecule has 0 aromatic heterocycles. The maximum atomic E-state index is 12.7. The highest BCUT2D eigenvalue weighted by Crippen LogP contribution is 2.30. The van der Waals surface area contributed by atoms with Gasteiger partial charge in [-0.15, -0.1) is 0 Å². The standard InChI is InChI=1S/C26H29N3O4S/c1-18-7-10-23(11-8-18)34(32,33)27-21-9-12-25(24(16-21)26(30)31)28-13-14-29(20(3)17-28)22-6-4-5-19(2)15-22/h4-12,15-16,20,27H,13-14,17H2,1-3H3,(H,30,31). The molecule has 1 fully saturated rings. The van der Waals surface area contributed by atoms with E-state index in [1.807, 2.05) is 13.0 Å². The van der Waals surface area contributed by atoms with Gasteiger partial charge in [-0.3, -0.25) is 4.72 Å². The van der Waals surface area contributed by atoms with Gasteiger partial charge in [-0.25, -0.2) is 13.2 Å². The molecule has 1 aliphatic heterocycles. The number of nitrogens with one attached hydrogen (secondary N) is 1. The van der Waals surface area contributed by atoms with Crippen molar-refractivity contribution in [3.63, 3.8) is 0 Å². The monoisotopic (exact) mass is 479 g/mol. The average Bonchev–Trinajstić information content (AvgIpc) is 2.79. The van der Waals surface area contributed by atoms with E-state index >= 15 is 0 Å². The van der Waals surface area contributed by atoms with E-state index in [4.69, 9.17) is 0 Å². The second kappa shape index (κ2) is 9.38. The molecule has 34 heavy (non-hydrogen) atoms. The van der Waals surface area contributed by atoms with Gasteiger partial charge in [0.05, 0.1) is 16.1 Å². The fourth-order valence-electron chi connectivity index (χ4n) is 4.34. The molecule has 0 spiro atoms. The zero-order valence-corrected chi connectivity index (χ0v) is 20.3. The first-order chi connectivity index (χ1) is 16.1. The molecular formula is C26H29N3O4S. The Kier molecular flexibility index (Phi) is 6.52. The Hall–Kier alpha value is -3.52. The van der Waals surface area contributed by atoms with Gasteiger partial charge in [-0.2, -0.15) is 0 Å². The van der Waals surface area contributed by atoms with Crippen LogP contribution in [0.2, 0.25) is 0 Å². The lowest BCUT2D eigenvalue weighted by Gasteiger charge is -2.42. The van der Waals surface area contributed by atoms with Gasteiger partial charge in [0.2, 0.25) is 0 Å². The summed E-state index contributed by atoms with van der Waals surface area (Å²) < 4.78 is 28.0. The Morgan fingerprint density at radius 3 is 2.35 bits per heavy atom. The number of sulfonamides is 1. The summed E-state index contributed by atoms with van der Waals surface area (Å²) in [6, 6.07) is 19.7. The lowest BCUT2D eigenvalue weighted by molar-refractivity contribution is 0.0697. The van der Waals surface area contributed by atoms with Crippen molar-refractivity contribution in [1.82, 2.24) is 0 Å². The molecule has 1 atom stereocenters. The van der Waals surface area contributed by atoms with E-state index in [-0.39, 0.29) is 22.2 Å². The summed E-state index contributed by atoms with van der Waals surface area (Å²) in [6.45, 7) is 8.14. The smallest absolute Gasteiger partial charge is 0.337 e. The van der Waals surface area contributed by atoms with Crippen molar-refractivity contribution < 1.29 is 18.3 Å². The third-order valence-corrected chi connectivity index (χ3v) is 7.51. The molecule has 7 nitrogen and oxygen atoms in total. The number of carboxylic acid groups (broad SMARTS) is 1. The van der Waals surface area contributed by atoms with Crippen LogP contribution < -0.4 is 14.5 Å². The highest BCUT2D eigenvalue weighted by Gasteiger charge is 2.27. The largest absolute Gasteiger partial charge is 0.478 e. The van der Waals surface area contributed by atoms with E-state index in [1.165, 1.54) is 23.8 Å². The molecule has 4 rings (SSSR count). The van der Waals surface area contributed by atoms with Gasteiger partial charge in [-0.05, 0) is 68.8 Å². The van der Waals surface area contributed by atoms with E-state index in [2.05, 4.69) is 46.6 Å². The molecular weight excluding hydrogens is 450 g/mol. The SMILES string of the molecule is Cc1ccc(S(=O)(=O)Nc2ccc(N3CCN(c4cccc(C)c4)C(C)C3)c(C(=O)O)c2)cc1. The van der Waals surface area contributed by atoms with Crippen LogP contribution in [0.15, 0.2) is 71.6 Å². The molecule has 2 N–H and O–H groups in total. The van der Waals surface area contributed by atoms with Crippen molar-refractivity contribution >= 4 is 33.1 Å². The van der Waals surface area contributed by atoms with Crippen LogP contribution >= 0.6 is 0 Å². The molecule has 1 heterocycles. The number of hydrogen-bond acceptors (Lipinski definition) is 5. The number of piperazine rings is 1. The zero-order chi connectivity index (χ0) is 24.5. The zero-order valence-electron chi connectivity index (χ0n) is 19.5. The first-order valence-electron chi connectivity index (χ1n) is 11.2. The second-order valence-corrected chi connectivity index (χ2v) is 10.5. The van der Waals surface area contributed by atoms with Crippen LogP contribution in [0.1, 0.15) is 28.4 Å². The van der Waals surface area contributed by atoms with Crippen LogP contribution in [0, 0.1) is 13.8 Å². The van der Waals surface area contributed by atoms with Gasteiger partial charge in [-0.1, -0.05) is 29.8 Å². The number of benzene rings is 3. The summed E-state index contributed by atoms with van der Waals surface area (Å²) in [5, 5.41) is 9.88. The maximum absolute atomic E-state index is 12.7. The molecule has 1 unspecified atom stereocenters. The van der Waals surface area contributed by atoms with Crippen molar-refractivity contribution in [1.29, 1.82) is 0 Å². The highest BCUT2D eigenvalue weighted by atomic mass is 32.2. The minimum atomic E-state index is -3.82. The summed E-state index contributed by atoms with van der Waals surface area (Å²) in [7, 11) is -3.82. The first kappa shape index (κ1) is 23.6. The summed E-state index contributed by atoms with van der Waals surface area (Å²) >= 11 is 0. The fourth-order valence-corrected chi connectivity index (χ4v) is 5.39. The third kappa shape index (κ3) is 5.02. The maximum Gasteiger partial charge on any atom is 0.337 e. The predicted molar refractivity (Wildman–Crippen MR) is 136 cm³/mol. The molecule has 0 aliphatic carbocycles. The van der Waals surface area contributed by atoms with E-state index in [9.17, 15) is 18.3 Å². The Bertz CT molecular complexity index is 1310. The third-order valence-electron chi connectivity index (χ3n) is 6.11. The molecule has 0 amide bonds. The highest BCUT2D eigenvalue weighted by molar-refractivity contribution is 7.92. The van der Waals surface area contributed by atoms with Crippen molar-refractivity contribution in [2.45, 2.75) is 31.7 Å². The number of nitrogens with zero attached hydrogens (tertiary/aromatic N) is 2. The van der Waals surface area contributed by atoms with Crippen molar-refractivity contribution in [2.24, 2.45) is 0 Å². The molecule has 0 saturated carbocycles. The summed E-state index contributed by atoms with van der Waals surface area (Å²) in [4.78, 5) is 16.6. The number of anilines is 3. The number of aryl methyl sites for hydroxylation is 2. The fraction of sp³-hybridized carbons (Fsp3) is 0.269. The number of carbonyl (C=O) groups is 1. The first-order valence-corrected chi connectivity index (χ1v) is 12.7. The molecule has 1 saturated heterocycles.